The zero-order chi connectivity index (χ0) is 48.0. The summed E-state index contributed by atoms with van der Waals surface area (Å²) in [5, 5.41) is 9.85. The van der Waals surface area contributed by atoms with Gasteiger partial charge in [0.05, 0.1) is 22.5 Å². The number of anilines is 6. The molecule has 2 nitrogen and oxygen atoms in total. The molecule has 13 aromatic carbocycles. The minimum Gasteiger partial charge on any atom is -0.310 e. The second kappa shape index (κ2) is 16.3. The molecule has 1 atom stereocenters. The number of benzene rings is 13. The molecule has 0 saturated carbocycles. The molecule has 0 aromatic heterocycles. The van der Waals surface area contributed by atoms with Crippen molar-refractivity contribution < 1.29 is 0 Å². The van der Waals surface area contributed by atoms with Gasteiger partial charge in [-0.3, -0.25) is 0 Å². The Morgan fingerprint density at radius 1 is 0.233 bits per heavy atom. The van der Waals surface area contributed by atoms with Crippen molar-refractivity contribution in [2.45, 2.75) is 5.41 Å². The molecule has 73 heavy (non-hydrogen) atoms. The molecule has 15 rings (SSSR count). The molecule has 0 bridgehead atoms. The quantitative estimate of drug-likeness (QED) is 0.147. The van der Waals surface area contributed by atoms with Gasteiger partial charge in [0.25, 0.3) is 0 Å². The van der Waals surface area contributed by atoms with Crippen LogP contribution in [0.25, 0.3) is 76.5 Å². The lowest BCUT2D eigenvalue weighted by atomic mass is 9.68. The molecule has 1 unspecified atom stereocenters. The number of hydrogen-bond acceptors (Lipinski definition) is 2. The van der Waals surface area contributed by atoms with Crippen LogP contribution in [0.2, 0.25) is 0 Å². The van der Waals surface area contributed by atoms with E-state index in [1.165, 1.54) is 93.2 Å². The van der Waals surface area contributed by atoms with E-state index in [0.717, 1.165) is 39.7 Å². The molecule has 0 aliphatic heterocycles. The molecule has 1 spiro atoms. The molecule has 0 N–H and O–H groups in total. The smallest absolute Gasteiger partial charge is 0.0752 e. The highest BCUT2D eigenvalue weighted by Crippen LogP contribution is 2.66. The summed E-state index contributed by atoms with van der Waals surface area (Å²) >= 11 is 0. The Bertz CT molecular complexity index is 4330. The third kappa shape index (κ3) is 6.05. The summed E-state index contributed by atoms with van der Waals surface area (Å²) in [6, 6.07) is 103. The summed E-state index contributed by atoms with van der Waals surface area (Å²) in [5.41, 5.74) is 19.0. The van der Waals surface area contributed by atoms with Crippen LogP contribution in [-0.2, 0) is 5.41 Å². The maximum absolute atomic E-state index is 2.54. The van der Waals surface area contributed by atoms with E-state index in [2.05, 4.69) is 289 Å². The molecule has 0 radical (unpaired) electrons. The van der Waals surface area contributed by atoms with Crippen molar-refractivity contribution in [3.63, 3.8) is 0 Å². The normalized spacial score (nSPS) is 14.1. The third-order valence-corrected chi connectivity index (χ3v) is 15.8. The summed E-state index contributed by atoms with van der Waals surface area (Å²) in [6.45, 7) is 0. The Hall–Kier alpha value is -9.50. The summed E-state index contributed by atoms with van der Waals surface area (Å²) in [4.78, 5) is 4.96. The Morgan fingerprint density at radius 2 is 0.699 bits per heavy atom. The van der Waals surface area contributed by atoms with Crippen molar-refractivity contribution in [2.24, 2.45) is 0 Å². The number of fused-ring (bicyclic) bond motifs is 16. The van der Waals surface area contributed by atoms with Crippen molar-refractivity contribution >= 4 is 77.2 Å². The molecule has 0 heterocycles. The Morgan fingerprint density at radius 3 is 1.45 bits per heavy atom. The highest BCUT2D eigenvalue weighted by molar-refractivity contribution is 6.14. The first kappa shape index (κ1) is 41.3. The summed E-state index contributed by atoms with van der Waals surface area (Å²) < 4.78 is 0. The van der Waals surface area contributed by atoms with Gasteiger partial charge in [-0.2, -0.15) is 0 Å². The molecule has 0 fully saturated rings. The minimum absolute atomic E-state index is 0.583. The lowest BCUT2D eigenvalue weighted by molar-refractivity contribution is 0.800. The highest BCUT2D eigenvalue weighted by atomic mass is 15.2. The molecular formula is C71H46N2. The van der Waals surface area contributed by atoms with E-state index in [0.29, 0.717) is 0 Å². The predicted molar refractivity (Wildman–Crippen MR) is 308 cm³/mol. The molecule has 2 aliphatic carbocycles. The number of para-hydroxylation sites is 2. The zero-order valence-electron chi connectivity index (χ0n) is 40.0. The fraction of sp³-hybridized carbons (Fsp3) is 0.0141. The largest absolute Gasteiger partial charge is 0.310 e. The molecule has 13 aromatic rings. The lowest BCUT2D eigenvalue weighted by Crippen LogP contribution is -2.28. The second-order valence-corrected chi connectivity index (χ2v) is 19.5. The van der Waals surface area contributed by atoms with Crippen molar-refractivity contribution in [3.05, 3.63) is 301 Å². The Kier molecular flexibility index (Phi) is 9.21. The SMILES string of the molecule is c1ccc(N(c2cccc3c2C2(c4ccccc4-3)c3ccccc3-c3ccc4ccccc4c32)c2cccc3c(-c4cccc(N(c5ccccc5)c5cccc6c5ccc5ccccc56)c4)cccc23)cc1. The van der Waals surface area contributed by atoms with Crippen molar-refractivity contribution in [2.75, 3.05) is 9.80 Å². The van der Waals surface area contributed by atoms with Gasteiger partial charge in [-0.25, -0.2) is 0 Å². The van der Waals surface area contributed by atoms with Crippen LogP contribution in [0.5, 0.6) is 0 Å². The van der Waals surface area contributed by atoms with Gasteiger partial charge in [0, 0.05) is 33.4 Å². The predicted octanol–water partition coefficient (Wildman–Crippen LogP) is 19.2. The van der Waals surface area contributed by atoms with Gasteiger partial charge in [0.2, 0.25) is 0 Å². The third-order valence-electron chi connectivity index (χ3n) is 15.8. The van der Waals surface area contributed by atoms with Crippen LogP contribution in [0, 0.1) is 0 Å². The molecule has 0 amide bonds. The van der Waals surface area contributed by atoms with E-state index in [-0.39, 0.29) is 0 Å². The molecule has 2 heteroatoms. The van der Waals surface area contributed by atoms with Gasteiger partial charge >= 0.3 is 0 Å². The average molecular weight is 927 g/mol. The first-order valence-corrected chi connectivity index (χ1v) is 25.3. The second-order valence-electron chi connectivity index (χ2n) is 19.5. The van der Waals surface area contributed by atoms with Crippen LogP contribution < -0.4 is 9.80 Å². The number of rotatable bonds is 7. The number of nitrogens with zero attached hydrogens (tertiary/aromatic N) is 2. The fourth-order valence-corrected chi connectivity index (χ4v) is 12.9. The topological polar surface area (TPSA) is 6.48 Å². The summed E-state index contributed by atoms with van der Waals surface area (Å²) in [7, 11) is 0. The van der Waals surface area contributed by atoms with Gasteiger partial charge in [0.15, 0.2) is 0 Å². The summed E-state index contributed by atoms with van der Waals surface area (Å²) in [6.07, 6.45) is 0. The molecular weight excluding hydrogens is 881 g/mol. The van der Waals surface area contributed by atoms with Crippen LogP contribution in [0.1, 0.15) is 22.3 Å². The van der Waals surface area contributed by atoms with Gasteiger partial charge in [-0.1, -0.05) is 224 Å². The van der Waals surface area contributed by atoms with Crippen molar-refractivity contribution in [1.29, 1.82) is 0 Å². The fourth-order valence-electron chi connectivity index (χ4n) is 12.9. The van der Waals surface area contributed by atoms with Crippen molar-refractivity contribution in [3.8, 4) is 33.4 Å². The van der Waals surface area contributed by atoms with Crippen LogP contribution in [0.4, 0.5) is 34.1 Å². The standard InChI is InChI=1S/C71H46N2/c1-3-23-50(24-4-1)72(66-39-17-33-56-53-28-9-7-20-47(53)42-44-61(56)66)52-27-15-22-49(46-52)54-32-16-35-60-57(54)34-18-40-67(60)73(51-25-5-2-6-26-51)68-41-19-36-62-58-30-11-13-37-64(58)71(70(62)68)65-38-14-12-31-59(65)63-45-43-48-21-8-10-29-55(48)69(63)71/h1-46H. The Labute approximate surface area is 424 Å². The summed E-state index contributed by atoms with van der Waals surface area (Å²) in [5.74, 6) is 0. The Balaban J connectivity index is 0.949. The van der Waals surface area contributed by atoms with E-state index in [4.69, 9.17) is 0 Å². The molecule has 2 aliphatic rings. The lowest BCUT2D eigenvalue weighted by Gasteiger charge is -2.36. The van der Waals surface area contributed by atoms with Crippen LogP contribution in [-0.4, -0.2) is 0 Å². The van der Waals surface area contributed by atoms with Gasteiger partial charge < -0.3 is 9.80 Å². The monoisotopic (exact) mass is 926 g/mol. The van der Waals surface area contributed by atoms with Crippen molar-refractivity contribution in [1.82, 2.24) is 0 Å². The van der Waals surface area contributed by atoms with Gasteiger partial charge in [-0.05, 0) is 137 Å². The maximum atomic E-state index is 2.54. The molecule has 340 valence electrons. The maximum Gasteiger partial charge on any atom is 0.0752 e. The molecule has 0 saturated heterocycles. The average Bonchev–Trinajstić information content (AvgIpc) is 3.94. The highest BCUT2D eigenvalue weighted by Gasteiger charge is 2.54. The van der Waals surface area contributed by atoms with E-state index >= 15 is 0 Å². The van der Waals surface area contributed by atoms with Crippen LogP contribution >= 0.6 is 0 Å². The minimum atomic E-state index is -0.583. The van der Waals surface area contributed by atoms with E-state index in [1.807, 2.05) is 0 Å². The van der Waals surface area contributed by atoms with Gasteiger partial charge in [-0.15, -0.1) is 0 Å². The van der Waals surface area contributed by atoms with E-state index in [9.17, 15) is 0 Å². The zero-order valence-corrected chi connectivity index (χ0v) is 40.0. The van der Waals surface area contributed by atoms with Crippen LogP contribution in [0.3, 0.4) is 0 Å². The van der Waals surface area contributed by atoms with E-state index in [1.54, 1.807) is 0 Å². The van der Waals surface area contributed by atoms with E-state index < -0.39 is 5.41 Å². The van der Waals surface area contributed by atoms with Crippen LogP contribution in [0.15, 0.2) is 279 Å². The first-order chi connectivity index (χ1) is 36.3. The first-order valence-electron chi connectivity index (χ1n) is 25.3. The number of hydrogen-bond donors (Lipinski definition) is 0. The van der Waals surface area contributed by atoms with Gasteiger partial charge in [0.1, 0.15) is 0 Å².